The number of amides is 1. The summed E-state index contributed by atoms with van der Waals surface area (Å²) in [5, 5.41) is 2.98. The van der Waals surface area contributed by atoms with Gasteiger partial charge in [-0.1, -0.05) is 18.6 Å². The second kappa shape index (κ2) is 13.1. The molecule has 1 amide bonds. The van der Waals surface area contributed by atoms with Crippen molar-refractivity contribution in [2.24, 2.45) is 0 Å². The van der Waals surface area contributed by atoms with Crippen molar-refractivity contribution in [1.29, 1.82) is 0 Å². The van der Waals surface area contributed by atoms with Crippen molar-refractivity contribution in [3.05, 3.63) is 51.9 Å². The number of benzene rings is 1. The van der Waals surface area contributed by atoms with Crippen molar-refractivity contribution in [3.8, 4) is 5.75 Å². The van der Waals surface area contributed by atoms with Crippen LogP contribution < -0.4 is 10.1 Å². The molecule has 0 spiro atoms. The third-order valence-corrected chi connectivity index (χ3v) is 6.71. The minimum atomic E-state index is -0.594. The summed E-state index contributed by atoms with van der Waals surface area (Å²) in [7, 11) is 1.54. The predicted molar refractivity (Wildman–Crippen MR) is 134 cm³/mol. The van der Waals surface area contributed by atoms with E-state index in [1.807, 2.05) is 0 Å². The highest BCUT2D eigenvalue weighted by atomic mass is 32.1. The van der Waals surface area contributed by atoms with E-state index in [1.165, 1.54) is 6.08 Å². The molecule has 1 fully saturated rings. The van der Waals surface area contributed by atoms with Crippen LogP contribution in [0.5, 0.6) is 5.75 Å². The monoisotopic (exact) mass is 501 g/mol. The molecular formula is C26H31NO7S. The number of anilines is 1. The van der Waals surface area contributed by atoms with Crippen molar-refractivity contribution in [2.45, 2.75) is 52.1 Å². The Morgan fingerprint density at radius 2 is 1.80 bits per heavy atom. The van der Waals surface area contributed by atoms with Gasteiger partial charge in [-0.3, -0.25) is 4.79 Å². The molecule has 35 heavy (non-hydrogen) atoms. The first-order chi connectivity index (χ1) is 16.9. The highest BCUT2D eigenvalue weighted by Crippen LogP contribution is 2.35. The van der Waals surface area contributed by atoms with Gasteiger partial charge in [0.1, 0.15) is 21.7 Å². The quantitative estimate of drug-likeness (QED) is 0.266. The molecule has 1 aromatic heterocycles. The molecule has 0 atom stereocenters. The highest BCUT2D eigenvalue weighted by molar-refractivity contribution is 7.18. The van der Waals surface area contributed by atoms with Gasteiger partial charge < -0.3 is 24.3 Å². The van der Waals surface area contributed by atoms with Crippen LogP contribution in [-0.2, 0) is 19.0 Å². The van der Waals surface area contributed by atoms with Gasteiger partial charge >= 0.3 is 11.9 Å². The lowest BCUT2D eigenvalue weighted by Gasteiger charge is -2.21. The van der Waals surface area contributed by atoms with E-state index in [0.717, 1.165) is 49.0 Å². The summed E-state index contributed by atoms with van der Waals surface area (Å²) in [6.07, 6.45) is 7.78. The van der Waals surface area contributed by atoms with E-state index in [9.17, 15) is 14.4 Å². The largest absolute Gasteiger partial charge is 0.468 e. The molecule has 0 bridgehead atoms. The lowest BCUT2D eigenvalue weighted by atomic mass is 9.98. The molecule has 188 valence electrons. The summed E-state index contributed by atoms with van der Waals surface area (Å²) in [6.45, 7) is 3.69. The average Bonchev–Trinajstić information content (AvgIpc) is 3.18. The molecule has 2 aromatic rings. The molecule has 0 unspecified atom stereocenters. The summed E-state index contributed by atoms with van der Waals surface area (Å²) in [5.41, 5.74) is 1.41. The van der Waals surface area contributed by atoms with Crippen LogP contribution in [0.4, 0.5) is 5.00 Å². The number of thiophene rings is 1. The van der Waals surface area contributed by atoms with Crippen LogP contribution in [0.1, 0.15) is 70.2 Å². The first-order valence-electron chi connectivity index (χ1n) is 11.6. The number of methoxy groups -OCH3 is 1. The number of rotatable bonds is 10. The van der Waals surface area contributed by atoms with Crippen LogP contribution >= 0.6 is 11.3 Å². The van der Waals surface area contributed by atoms with Crippen molar-refractivity contribution in [1.82, 2.24) is 0 Å². The number of esters is 2. The average molecular weight is 502 g/mol. The van der Waals surface area contributed by atoms with E-state index in [0.29, 0.717) is 16.2 Å². The maximum atomic E-state index is 12.9. The molecule has 1 aliphatic rings. The lowest BCUT2D eigenvalue weighted by molar-refractivity contribution is -0.111. The zero-order valence-electron chi connectivity index (χ0n) is 20.3. The normalized spacial score (nSPS) is 14.0. The summed E-state index contributed by atoms with van der Waals surface area (Å²) in [5.74, 6) is -0.862. The minimum Gasteiger partial charge on any atom is -0.468 e. The Morgan fingerprint density at radius 3 is 2.46 bits per heavy atom. The van der Waals surface area contributed by atoms with Gasteiger partial charge in [-0.05, 0) is 68.9 Å². The maximum Gasteiger partial charge on any atom is 0.348 e. The van der Waals surface area contributed by atoms with Crippen LogP contribution in [0.3, 0.4) is 0 Å². The fourth-order valence-corrected chi connectivity index (χ4v) is 4.84. The zero-order valence-corrected chi connectivity index (χ0v) is 21.1. The standard InChI is InChI=1S/C26H31NO7S/c1-4-32-25(29)22-17(2)23(26(30)34-20-8-6-5-7-9-20)35-24(22)27-21(28)15-12-18-10-13-19(14-11-18)33-16-31-3/h10-15,20H,4-9,16H2,1-3H3,(H,27,28)/b15-12+. The first-order valence-corrected chi connectivity index (χ1v) is 12.5. The molecule has 1 aliphatic carbocycles. The van der Waals surface area contributed by atoms with Gasteiger partial charge in [0.15, 0.2) is 6.79 Å². The first kappa shape index (κ1) is 26.4. The third kappa shape index (κ3) is 7.40. The van der Waals surface area contributed by atoms with Gasteiger partial charge in [0.25, 0.3) is 0 Å². The molecule has 9 heteroatoms. The van der Waals surface area contributed by atoms with Crippen LogP contribution in [0, 0.1) is 6.92 Å². The molecule has 1 heterocycles. The maximum absolute atomic E-state index is 12.9. The SMILES string of the molecule is CCOC(=O)c1c(NC(=O)/C=C/c2ccc(OCOC)cc2)sc(C(=O)OC2CCCCC2)c1C. The highest BCUT2D eigenvalue weighted by Gasteiger charge is 2.28. The number of nitrogens with one attached hydrogen (secondary N) is 1. The van der Waals surface area contributed by atoms with E-state index in [-0.39, 0.29) is 30.1 Å². The Labute approximate surface area is 209 Å². The van der Waals surface area contributed by atoms with Crippen molar-refractivity contribution < 1.29 is 33.3 Å². The number of hydrogen-bond acceptors (Lipinski definition) is 8. The van der Waals surface area contributed by atoms with Crippen molar-refractivity contribution in [3.63, 3.8) is 0 Å². The third-order valence-electron chi connectivity index (χ3n) is 5.53. The Balaban J connectivity index is 1.74. The lowest BCUT2D eigenvalue weighted by Crippen LogP contribution is -2.21. The van der Waals surface area contributed by atoms with E-state index in [2.05, 4.69) is 5.32 Å². The Morgan fingerprint density at radius 1 is 1.09 bits per heavy atom. The Hall–Kier alpha value is -3.17. The smallest absolute Gasteiger partial charge is 0.348 e. The zero-order chi connectivity index (χ0) is 25.2. The summed E-state index contributed by atoms with van der Waals surface area (Å²) in [6, 6.07) is 7.13. The fourth-order valence-electron chi connectivity index (χ4n) is 3.76. The molecule has 1 N–H and O–H groups in total. The Kier molecular flexibility index (Phi) is 9.86. The molecule has 0 radical (unpaired) electrons. The van der Waals surface area contributed by atoms with Crippen LogP contribution in [0.2, 0.25) is 0 Å². The summed E-state index contributed by atoms with van der Waals surface area (Å²) < 4.78 is 21.1. The van der Waals surface area contributed by atoms with Crippen LogP contribution in [0.25, 0.3) is 6.08 Å². The number of carbonyl (C=O) groups is 3. The molecule has 0 aliphatic heterocycles. The van der Waals surface area contributed by atoms with Crippen molar-refractivity contribution in [2.75, 3.05) is 25.8 Å². The van der Waals surface area contributed by atoms with Crippen molar-refractivity contribution >= 4 is 40.3 Å². The number of carbonyl (C=O) groups excluding carboxylic acids is 3. The van der Waals surface area contributed by atoms with Gasteiger partial charge in [0.2, 0.25) is 5.91 Å². The van der Waals surface area contributed by atoms with Gasteiger partial charge in [-0.15, -0.1) is 11.3 Å². The molecule has 3 rings (SSSR count). The number of hydrogen-bond donors (Lipinski definition) is 1. The van der Waals surface area contributed by atoms with Crippen LogP contribution in [0.15, 0.2) is 30.3 Å². The minimum absolute atomic E-state index is 0.115. The topological polar surface area (TPSA) is 100 Å². The molecule has 0 saturated heterocycles. The molecule has 8 nitrogen and oxygen atoms in total. The molecular weight excluding hydrogens is 470 g/mol. The van der Waals surface area contributed by atoms with E-state index in [4.69, 9.17) is 18.9 Å². The van der Waals surface area contributed by atoms with Gasteiger partial charge in [-0.2, -0.15) is 0 Å². The van der Waals surface area contributed by atoms with Gasteiger partial charge in [0.05, 0.1) is 12.2 Å². The molecule has 1 saturated carbocycles. The van der Waals surface area contributed by atoms with Crippen LogP contribution in [-0.4, -0.2) is 44.5 Å². The fraction of sp³-hybridized carbons (Fsp3) is 0.423. The van der Waals surface area contributed by atoms with E-state index >= 15 is 0 Å². The van der Waals surface area contributed by atoms with Gasteiger partial charge in [-0.25, -0.2) is 9.59 Å². The Bertz CT molecular complexity index is 1050. The number of ether oxygens (including phenoxy) is 4. The second-order valence-electron chi connectivity index (χ2n) is 8.09. The predicted octanol–water partition coefficient (Wildman–Crippen LogP) is 5.36. The second-order valence-corrected chi connectivity index (χ2v) is 9.11. The van der Waals surface area contributed by atoms with E-state index in [1.54, 1.807) is 51.3 Å². The molecule has 1 aromatic carbocycles. The summed E-state index contributed by atoms with van der Waals surface area (Å²) in [4.78, 5) is 38.4. The summed E-state index contributed by atoms with van der Waals surface area (Å²) >= 11 is 1.03. The van der Waals surface area contributed by atoms with Gasteiger partial charge in [0, 0.05) is 13.2 Å². The van der Waals surface area contributed by atoms with E-state index < -0.39 is 17.8 Å².